The molecular formula is C23H29NO4S. The quantitative estimate of drug-likeness (QED) is 0.542. The van der Waals surface area contributed by atoms with Gasteiger partial charge in [0.15, 0.2) is 0 Å². The van der Waals surface area contributed by atoms with Crippen LogP contribution in [0.15, 0.2) is 59.5 Å². The first-order valence-electron chi connectivity index (χ1n) is 10.3. The Labute approximate surface area is 172 Å². The zero-order valence-corrected chi connectivity index (χ0v) is 17.5. The number of sulfonamides is 1. The lowest BCUT2D eigenvalue weighted by Gasteiger charge is -2.28. The third-order valence-electron chi connectivity index (χ3n) is 5.89. The molecule has 1 fully saturated rings. The van der Waals surface area contributed by atoms with Crippen LogP contribution in [0, 0.1) is 5.41 Å². The van der Waals surface area contributed by atoms with Crippen LogP contribution >= 0.6 is 0 Å². The predicted octanol–water partition coefficient (Wildman–Crippen LogP) is 4.88. The van der Waals surface area contributed by atoms with E-state index in [1.165, 1.54) is 12.8 Å². The molecule has 29 heavy (non-hydrogen) atoms. The molecule has 0 aliphatic heterocycles. The molecule has 0 radical (unpaired) electrons. The zero-order chi connectivity index (χ0) is 20.7. The van der Waals surface area contributed by atoms with Gasteiger partial charge in [-0.1, -0.05) is 61.4 Å². The van der Waals surface area contributed by atoms with E-state index in [0.29, 0.717) is 17.9 Å². The first-order valence-corrected chi connectivity index (χ1v) is 11.7. The highest BCUT2D eigenvalue weighted by molar-refractivity contribution is 7.89. The van der Waals surface area contributed by atoms with Gasteiger partial charge in [0, 0.05) is 18.4 Å². The molecule has 0 heterocycles. The number of nitrogens with one attached hydrogen (secondary N) is 1. The van der Waals surface area contributed by atoms with Crippen molar-refractivity contribution in [1.29, 1.82) is 0 Å². The Morgan fingerprint density at radius 3 is 2.55 bits per heavy atom. The van der Waals surface area contributed by atoms with Gasteiger partial charge in [0.05, 0.1) is 4.90 Å². The van der Waals surface area contributed by atoms with E-state index in [9.17, 15) is 13.2 Å². The van der Waals surface area contributed by atoms with Crippen molar-refractivity contribution in [3.63, 3.8) is 0 Å². The Bertz CT molecular complexity index is 970. The van der Waals surface area contributed by atoms with Crippen molar-refractivity contribution in [1.82, 2.24) is 4.72 Å². The minimum Gasteiger partial charge on any atom is -0.481 e. The first-order chi connectivity index (χ1) is 13.9. The molecule has 0 aromatic heterocycles. The second kappa shape index (κ2) is 9.55. The van der Waals surface area contributed by atoms with Crippen molar-refractivity contribution in [2.45, 2.75) is 56.3 Å². The van der Waals surface area contributed by atoms with E-state index < -0.39 is 16.0 Å². The fourth-order valence-corrected chi connectivity index (χ4v) is 5.56. The molecule has 156 valence electrons. The van der Waals surface area contributed by atoms with Crippen molar-refractivity contribution in [2.75, 3.05) is 6.54 Å². The number of allylic oxidation sites excluding steroid dienone is 2. The second-order valence-electron chi connectivity index (χ2n) is 7.94. The lowest BCUT2D eigenvalue weighted by atomic mass is 9.79. The summed E-state index contributed by atoms with van der Waals surface area (Å²) in [5.74, 6) is -0.784. The van der Waals surface area contributed by atoms with Gasteiger partial charge in [-0.05, 0) is 49.0 Å². The van der Waals surface area contributed by atoms with Crippen molar-refractivity contribution < 1.29 is 18.3 Å². The highest BCUT2D eigenvalue weighted by Gasteiger charge is 2.32. The Morgan fingerprint density at radius 2 is 1.79 bits per heavy atom. The van der Waals surface area contributed by atoms with Gasteiger partial charge in [-0.25, -0.2) is 13.1 Å². The number of carboxylic acid groups (broad SMARTS) is 1. The second-order valence-corrected chi connectivity index (χ2v) is 9.68. The van der Waals surface area contributed by atoms with Crippen molar-refractivity contribution in [3.8, 4) is 0 Å². The standard InChI is InChI=1S/C23H29NO4S/c25-22(26)13-2-1-5-14-23(15-6-7-16-23)17-18-24-29(27,28)21-12-8-10-19-9-3-4-11-20(19)21/h1,3-5,8-12,24H,2,6-7,13-18H2,(H,25,26)/b5-1-. The largest absolute Gasteiger partial charge is 0.481 e. The minimum atomic E-state index is -3.58. The monoisotopic (exact) mass is 415 g/mol. The number of benzene rings is 2. The smallest absolute Gasteiger partial charge is 0.303 e. The number of fused-ring (bicyclic) bond motifs is 1. The average Bonchev–Trinajstić information content (AvgIpc) is 3.15. The Kier molecular flexibility index (Phi) is 7.09. The van der Waals surface area contributed by atoms with E-state index in [1.54, 1.807) is 12.1 Å². The third-order valence-corrected chi connectivity index (χ3v) is 7.41. The van der Waals surface area contributed by atoms with Gasteiger partial charge in [0.25, 0.3) is 0 Å². The maximum Gasteiger partial charge on any atom is 0.303 e. The summed E-state index contributed by atoms with van der Waals surface area (Å²) in [5, 5.41) is 10.4. The van der Waals surface area contributed by atoms with E-state index in [-0.39, 0.29) is 11.8 Å². The molecule has 1 aliphatic carbocycles. The first kappa shape index (κ1) is 21.5. The average molecular weight is 416 g/mol. The van der Waals surface area contributed by atoms with Crippen LogP contribution in [-0.2, 0) is 14.8 Å². The summed E-state index contributed by atoms with van der Waals surface area (Å²) in [6.45, 7) is 0.411. The van der Waals surface area contributed by atoms with Crippen LogP contribution in [0.5, 0.6) is 0 Å². The Morgan fingerprint density at radius 1 is 1.07 bits per heavy atom. The van der Waals surface area contributed by atoms with Crippen LogP contribution in [0.1, 0.15) is 51.4 Å². The third kappa shape index (κ3) is 5.67. The van der Waals surface area contributed by atoms with Gasteiger partial charge in [0.2, 0.25) is 10.0 Å². The molecule has 6 heteroatoms. The molecule has 5 nitrogen and oxygen atoms in total. The van der Waals surface area contributed by atoms with Crippen molar-refractivity contribution >= 4 is 26.8 Å². The van der Waals surface area contributed by atoms with Crippen LogP contribution in [0.3, 0.4) is 0 Å². The van der Waals surface area contributed by atoms with Crippen molar-refractivity contribution in [2.24, 2.45) is 5.41 Å². The molecular weight excluding hydrogens is 386 g/mol. The summed E-state index contributed by atoms with van der Waals surface area (Å²) in [7, 11) is -3.58. The number of hydrogen-bond acceptors (Lipinski definition) is 3. The van der Waals surface area contributed by atoms with Crippen LogP contribution in [0.25, 0.3) is 10.8 Å². The molecule has 3 rings (SSSR count). The lowest BCUT2D eigenvalue weighted by molar-refractivity contribution is -0.136. The fourth-order valence-electron chi connectivity index (χ4n) is 4.30. The van der Waals surface area contributed by atoms with Crippen molar-refractivity contribution in [3.05, 3.63) is 54.6 Å². The van der Waals surface area contributed by atoms with Gasteiger partial charge in [-0.2, -0.15) is 0 Å². The molecule has 0 unspecified atom stereocenters. The topological polar surface area (TPSA) is 83.5 Å². The molecule has 2 N–H and O–H groups in total. The van der Waals surface area contributed by atoms with E-state index in [4.69, 9.17) is 5.11 Å². The molecule has 0 atom stereocenters. The SMILES string of the molecule is O=C(O)CC/C=C\CC1(CCNS(=O)(=O)c2cccc3ccccc23)CCCC1. The van der Waals surface area contributed by atoms with Gasteiger partial charge in [0.1, 0.15) is 0 Å². The lowest BCUT2D eigenvalue weighted by Crippen LogP contribution is -2.29. The van der Waals surface area contributed by atoms with E-state index in [2.05, 4.69) is 10.8 Å². The number of rotatable bonds is 10. The molecule has 1 aliphatic rings. The molecule has 0 spiro atoms. The van der Waals surface area contributed by atoms with E-state index >= 15 is 0 Å². The van der Waals surface area contributed by atoms with E-state index in [0.717, 1.165) is 36.5 Å². The van der Waals surface area contributed by atoms with Crippen LogP contribution in [0.4, 0.5) is 0 Å². The normalized spacial score (nSPS) is 16.6. The highest BCUT2D eigenvalue weighted by Crippen LogP contribution is 2.44. The molecule has 0 saturated heterocycles. The predicted molar refractivity (Wildman–Crippen MR) is 115 cm³/mol. The molecule has 0 amide bonds. The van der Waals surface area contributed by atoms with Crippen LogP contribution in [0.2, 0.25) is 0 Å². The maximum atomic E-state index is 12.9. The summed E-state index contributed by atoms with van der Waals surface area (Å²) in [6.07, 6.45) is 10.9. The maximum absolute atomic E-state index is 12.9. The summed E-state index contributed by atoms with van der Waals surface area (Å²) in [4.78, 5) is 10.9. The minimum absolute atomic E-state index is 0.112. The zero-order valence-electron chi connectivity index (χ0n) is 16.6. The summed E-state index contributed by atoms with van der Waals surface area (Å²) in [6, 6.07) is 12.9. The van der Waals surface area contributed by atoms with Gasteiger partial charge < -0.3 is 5.11 Å². The Hall–Kier alpha value is -2.18. The van der Waals surface area contributed by atoms with E-state index in [1.807, 2.05) is 36.4 Å². The highest BCUT2D eigenvalue weighted by atomic mass is 32.2. The van der Waals surface area contributed by atoms with Gasteiger partial charge in [-0.15, -0.1) is 0 Å². The number of hydrogen-bond donors (Lipinski definition) is 2. The van der Waals surface area contributed by atoms with Crippen LogP contribution < -0.4 is 4.72 Å². The molecule has 2 aromatic carbocycles. The molecule has 2 aromatic rings. The molecule has 0 bridgehead atoms. The molecule has 1 saturated carbocycles. The van der Waals surface area contributed by atoms with Crippen LogP contribution in [-0.4, -0.2) is 26.0 Å². The summed E-state index contributed by atoms with van der Waals surface area (Å²) in [5.41, 5.74) is 0.112. The van der Waals surface area contributed by atoms with Gasteiger partial charge in [-0.3, -0.25) is 4.79 Å². The number of carboxylic acids is 1. The summed E-state index contributed by atoms with van der Waals surface area (Å²) >= 11 is 0. The number of carbonyl (C=O) groups is 1. The fraction of sp³-hybridized carbons (Fsp3) is 0.435. The Balaban J connectivity index is 1.62. The van der Waals surface area contributed by atoms with Gasteiger partial charge >= 0.3 is 5.97 Å². The number of aliphatic carboxylic acids is 1. The summed E-state index contributed by atoms with van der Waals surface area (Å²) < 4.78 is 28.6.